The maximum atomic E-state index is 12.7. The fourth-order valence-electron chi connectivity index (χ4n) is 2.82. The number of thioether (sulfide) groups is 1. The van der Waals surface area contributed by atoms with Gasteiger partial charge in [-0.1, -0.05) is 12.0 Å². The average molecular weight is 451 g/mol. The lowest BCUT2D eigenvalue weighted by Crippen LogP contribution is -2.23. The van der Waals surface area contributed by atoms with Crippen molar-refractivity contribution in [2.45, 2.75) is 6.92 Å². The molecular formula is C24H22N2O5S. The molecule has 0 radical (unpaired) electrons. The minimum Gasteiger partial charge on any atom is -0.490 e. The molecule has 1 aliphatic rings. The minimum atomic E-state index is -0.418. The van der Waals surface area contributed by atoms with E-state index in [0.29, 0.717) is 39.4 Å². The first-order chi connectivity index (χ1) is 15.5. The lowest BCUT2D eigenvalue weighted by Gasteiger charge is -2.11. The van der Waals surface area contributed by atoms with Crippen LogP contribution >= 0.6 is 11.8 Å². The van der Waals surface area contributed by atoms with E-state index in [1.807, 2.05) is 13.0 Å². The summed E-state index contributed by atoms with van der Waals surface area (Å²) in [5.41, 5.74) is 1.84. The Morgan fingerprint density at radius 3 is 2.59 bits per heavy atom. The number of amidine groups is 1. The van der Waals surface area contributed by atoms with E-state index in [0.717, 1.165) is 5.56 Å². The molecule has 8 heteroatoms. The van der Waals surface area contributed by atoms with E-state index in [1.165, 1.54) is 23.8 Å². The molecule has 2 aromatic rings. The summed E-state index contributed by atoms with van der Waals surface area (Å²) in [4.78, 5) is 30.8. The number of methoxy groups -OCH3 is 1. The van der Waals surface area contributed by atoms with Crippen LogP contribution in [0, 0.1) is 12.3 Å². The van der Waals surface area contributed by atoms with Crippen LogP contribution in [0.3, 0.4) is 0 Å². The molecule has 3 rings (SSSR count). The number of likely N-dealkylation sites (N-methyl/N-ethyl adjacent to an activating group) is 1. The summed E-state index contributed by atoms with van der Waals surface area (Å²) in [6.07, 6.45) is 7.04. The topological polar surface area (TPSA) is 77.4 Å². The predicted octanol–water partition coefficient (Wildman–Crippen LogP) is 4.12. The van der Waals surface area contributed by atoms with Crippen LogP contribution in [-0.4, -0.2) is 49.3 Å². The highest BCUT2D eigenvalue weighted by atomic mass is 32.2. The van der Waals surface area contributed by atoms with Crippen LogP contribution in [0.4, 0.5) is 5.69 Å². The van der Waals surface area contributed by atoms with E-state index in [-0.39, 0.29) is 12.5 Å². The third kappa shape index (κ3) is 5.31. The summed E-state index contributed by atoms with van der Waals surface area (Å²) in [6.45, 7) is 2.48. The molecule has 2 aromatic carbocycles. The summed E-state index contributed by atoms with van der Waals surface area (Å²) < 4.78 is 15.8. The van der Waals surface area contributed by atoms with E-state index < -0.39 is 5.97 Å². The summed E-state index contributed by atoms with van der Waals surface area (Å²) in [5, 5.41) is 0.533. The SMILES string of the molecule is C#CCOc1ccc(/C=C2/SC(=Nc3ccc(C(=O)OC)cc3)N(C)C2=O)cc1OCC. The number of rotatable bonds is 7. The van der Waals surface area contributed by atoms with Crippen LogP contribution in [0.15, 0.2) is 52.4 Å². The summed E-state index contributed by atoms with van der Waals surface area (Å²) >= 11 is 1.27. The lowest BCUT2D eigenvalue weighted by molar-refractivity contribution is -0.121. The number of carbonyl (C=O) groups excluding carboxylic acids is 2. The van der Waals surface area contributed by atoms with Gasteiger partial charge < -0.3 is 14.2 Å². The largest absolute Gasteiger partial charge is 0.490 e. The third-order valence-corrected chi connectivity index (χ3v) is 5.45. The van der Waals surface area contributed by atoms with Gasteiger partial charge in [0.1, 0.15) is 6.61 Å². The van der Waals surface area contributed by atoms with Crippen LogP contribution in [0.1, 0.15) is 22.8 Å². The lowest BCUT2D eigenvalue weighted by atomic mass is 10.2. The number of carbonyl (C=O) groups is 2. The standard InChI is InChI=1S/C24H22N2O5S/c1-5-13-31-19-12-7-16(14-20(19)30-6-2)15-21-22(27)26(3)24(32-21)25-18-10-8-17(9-11-18)23(28)29-4/h1,7-12,14-15H,6,13H2,2-4H3/b21-15+,25-24?. The molecular weight excluding hydrogens is 428 g/mol. The highest BCUT2D eigenvalue weighted by molar-refractivity contribution is 8.18. The molecule has 32 heavy (non-hydrogen) atoms. The molecule has 0 saturated carbocycles. The zero-order valence-electron chi connectivity index (χ0n) is 18.0. The van der Waals surface area contributed by atoms with Crippen molar-refractivity contribution >= 4 is 40.6 Å². The molecule has 164 valence electrons. The fourth-order valence-corrected chi connectivity index (χ4v) is 3.81. The molecule has 1 aliphatic heterocycles. The molecule has 1 fully saturated rings. The van der Waals surface area contributed by atoms with E-state index in [9.17, 15) is 9.59 Å². The van der Waals surface area contributed by atoms with Crippen molar-refractivity contribution in [3.8, 4) is 23.8 Å². The Hall–Kier alpha value is -3.70. The minimum absolute atomic E-state index is 0.139. The van der Waals surface area contributed by atoms with Crippen molar-refractivity contribution in [3.05, 3.63) is 58.5 Å². The smallest absolute Gasteiger partial charge is 0.337 e. The van der Waals surface area contributed by atoms with Gasteiger partial charge in [0.25, 0.3) is 5.91 Å². The molecule has 0 N–H and O–H groups in total. The Bertz CT molecular complexity index is 1120. The second kappa shape index (κ2) is 10.6. The number of terminal acetylenes is 1. The molecule has 1 amide bonds. The molecule has 0 unspecified atom stereocenters. The second-order valence-electron chi connectivity index (χ2n) is 6.54. The molecule has 1 heterocycles. The predicted molar refractivity (Wildman–Crippen MR) is 125 cm³/mol. The van der Waals surface area contributed by atoms with Crippen molar-refractivity contribution in [2.75, 3.05) is 27.4 Å². The first kappa shape index (κ1) is 23.0. The van der Waals surface area contributed by atoms with Crippen molar-refractivity contribution in [1.29, 1.82) is 0 Å². The third-order valence-electron chi connectivity index (χ3n) is 4.39. The first-order valence-electron chi connectivity index (χ1n) is 9.74. The Kier molecular flexibility index (Phi) is 7.58. The van der Waals surface area contributed by atoms with Gasteiger partial charge in [-0.2, -0.15) is 0 Å². The number of ether oxygens (including phenoxy) is 3. The molecule has 0 spiro atoms. The zero-order chi connectivity index (χ0) is 23.1. The van der Waals surface area contributed by atoms with Crippen LogP contribution in [-0.2, 0) is 9.53 Å². The Labute approximate surface area is 191 Å². The highest BCUT2D eigenvalue weighted by Crippen LogP contribution is 2.35. The van der Waals surface area contributed by atoms with Gasteiger partial charge in [0.2, 0.25) is 0 Å². The molecule has 1 saturated heterocycles. The van der Waals surface area contributed by atoms with Crippen LogP contribution < -0.4 is 9.47 Å². The summed E-state index contributed by atoms with van der Waals surface area (Å²) in [5.74, 6) is 2.95. The molecule has 7 nitrogen and oxygen atoms in total. The molecule has 0 atom stereocenters. The monoisotopic (exact) mass is 450 g/mol. The molecule has 0 bridgehead atoms. The fraction of sp³-hybridized carbons (Fsp3) is 0.208. The van der Waals surface area contributed by atoms with E-state index in [2.05, 4.69) is 10.9 Å². The van der Waals surface area contributed by atoms with E-state index >= 15 is 0 Å². The van der Waals surface area contributed by atoms with E-state index in [1.54, 1.807) is 49.5 Å². The van der Waals surface area contributed by atoms with Gasteiger partial charge in [0.15, 0.2) is 16.7 Å². The number of hydrogen-bond donors (Lipinski definition) is 0. The summed E-state index contributed by atoms with van der Waals surface area (Å²) in [7, 11) is 3.00. The number of esters is 1. The van der Waals surface area contributed by atoms with Crippen molar-refractivity contribution < 1.29 is 23.8 Å². The van der Waals surface area contributed by atoms with Gasteiger partial charge in [0, 0.05) is 7.05 Å². The van der Waals surface area contributed by atoms with Crippen molar-refractivity contribution in [3.63, 3.8) is 0 Å². The number of hydrogen-bond acceptors (Lipinski definition) is 7. The number of aliphatic imine (C=N–C) groups is 1. The maximum absolute atomic E-state index is 12.7. The van der Waals surface area contributed by atoms with Gasteiger partial charge in [-0.15, -0.1) is 6.42 Å². The van der Waals surface area contributed by atoms with Gasteiger partial charge in [0.05, 0.1) is 29.9 Å². The van der Waals surface area contributed by atoms with Gasteiger partial charge in [-0.3, -0.25) is 9.69 Å². The Balaban J connectivity index is 1.83. The van der Waals surface area contributed by atoms with Crippen molar-refractivity contribution in [1.82, 2.24) is 4.90 Å². The molecule has 0 aromatic heterocycles. The van der Waals surface area contributed by atoms with Gasteiger partial charge in [-0.05, 0) is 66.7 Å². The van der Waals surface area contributed by atoms with Crippen molar-refractivity contribution in [2.24, 2.45) is 4.99 Å². The molecule has 0 aliphatic carbocycles. The van der Waals surface area contributed by atoms with Crippen LogP contribution in [0.5, 0.6) is 11.5 Å². The van der Waals surface area contributed by atoms with Gasteiger partial charge in [-0.25, -0.2) is 9.79 Å². The Morgan fingerprint density at radius 1 is 1.19 bits per heavy atom. The number of benzene rings is 2. The number of nitrogens with zero attached hydrogens (tertiary/aromatic N) is 2. The van der Waals surface area contributed by atoms with E-state index in [4.69, 9.17) is 20.6 Å². The highest BCUT2D eigenvalue weighted by Gasteiger charge is 2.30. The normalized spacial score (nSPS) is 15.7. The zero-order valence-corrected chi connectivity index (χ0v) is 18.8. The first-order valence-corrected chi connectivity index (χ1v) is 10.6. The average Bonchev–Trinajstić information content (AvgIpc) is 3.06. The quantitative estimate of drug-likeness (QED) is 0.359. The summed E-state index contributed by atoms with van der Waals surface area (Å²) in [6, 6.07) is 12.0. The Morgan fingerprint density at radius 2 is 1.94 bits per heavy atom. The van der Waals surface area contributed by atoms with Crippen LogP contribution in [0.25, 0.3) is 6.08 Å². The van der Waals surface area contributed by atoms with Crippen LogP contribution in [0.2, 0.25) is 0 Å². The van der Waals surface area contributed by atoms with Gasteiger partial charge >= 0.3 is 5.97 Å². The maximum Gasteiger partial charge on any atom is 0.337 e. The second-order valence-corrected chi connectivity index (χ2v) is 7.55. The number of amides is 1.